The predicted molar refractivity (Wildman–Crippen MR) is 72.4 cm³/mol. The molecule has 0 saturated heterocycles. The maximum Gasteiger partial charge on any atom is 0.229 e. The molecular formula is C13H12ClN3O. The molecule has 0 aliphatic heterocycles. The number of aromatic nitrogens is 1. The molecule has 0 radical (unpaired) electrons. The molecular weight excluding hydrogens is 250 g/mol. The molecule has 0 unspecified atom stereocenters. The fourth-order valence-electron chi connectivity index (χ4n) is 1.55. The first-order valence-corrected chi connectivity index (χ1v) is 5.77. The highest BCUT2D eigenvalue weighted by Gasteiger charge is 2.05. The quantitative estimate of drug-likeness (QED) is 0.834. The van der Waals surface area contributed by atoms with E-state index in [4.69, 9.17) is 17.3 Å². The van der Waals surface area contributed by atoms with Crippen molar-refractivity contribution in [1.29, 1.82) is 0 Å². The molecule has 5 heteroatoms. The molecule has 1 amide bonds. The van der Waals surface area contributed by atoms with Gasteiger partial charge in [-0.3, -0.25) is 4.79 Å². The summed E-state index contributed by atoms with van der Waals surface area (Å²) in [4.78, 5) is 15.8. The largest absolute Gasteiger partial charge is 0.399 e. The van der Waals surface area contributed by atoms with E-state index in [9.17, 15) is 4.79 Å². The number of nitrogens with two attached hydrogens (primary N) is 1. The zero-order valence-electron chi connectivity index (χ0n) is 9.56. The number of carbonyl (C=O) groups is 1. The summed E-state index contributed by atoms with van der Waals surface area (Å²) in [6.07, 6.45) is 1.79. The second-order valence-electron chi connectivity index (χ2n) is 3.83. The Bertz CT molecular complexity index is 522. The molecule has 1 aromatic heterocycles. The number of nitrogen functional groups attached to an aromatic ring is 1. The van der Waals surface area contributed by atoms with Gasteiger partial charge >= 0.3 is 0 Å². The summed E-state index contributed by atoms with van der Waals surface area (Å²) in [7, 11) is 0. The summed E-state index contributed by atoms with van der Waals surface area (Å²) in [6, 6.07) is 10.5. The van der Waals surface area contributed by atoms with Crippen LogP contribution in [0.1, 0.15) is 5.56 Å². The summed E-state index contributed by atoms with van der Waals surface area (Å²) in [6.45, 7) is 0. The fraction of sp³-hybridized carbons (Fsp3) is 0.0769. The summed E-state index contributed by atoms with van der Waals surface area (Å²) >= 11 is 5.80. The SMILES string of the molecule is Nc1cccc(CC(=O)Nc2cc(Cl)ccn2)c1. The third-order valence-corrected chi connectivity index (χ3v) is 2.54. The first-order chi connectivity index (χ1) is 8.63. The van der Waals surface area contributed by atoms with E-state index in [0.717, 1.165) is 5.56 Å². The van der Waals surface area contributed by atoms with Crippen LogP contribution >= 0.6 is 11.6 Å². The van der Waals surface area contributed by atoms with Gasteiger partial charge in [-0.15, -0.1) is 0 Å². The zero-order valence-corrected chi connectivity index (χ0v) is 10.3. The van der Waals surface area contributed by atoms with Gasteiger partial charge in [0.05, 0.1) is 6.42 Å². The van der Waals surface area contributed by atoms with Gasteiger partial charge < -0.3 is 11.1 Å². The van der Waals surface area contributed by atoms with Crippen molar-refractivity contribution in [2.24, 2.45) is 0 Å². The highest BCUT2D eigenvalue weighted by Crippen LogP contribution is 2.13. The zero-order chi connectivity index (χ0) is 13.0. The van der Waals surface area contributed by atoms with Crippen LogP contribution in [0.5, 0.6) is 0 Å². The Kier molecular flexibility index (Phi) is 3.79. The standard InChI is InChI=1S/C13H12ClN3O/c14-10-4-5-16-12(8-10)17-13(18)7-9-2-1-3-11(15)6-9/h1-6,8H,7,15H2,(H,16,17,18). The van der Waals surface area contributed by atoms with Crippen molar-refractivity contribution in [2.75, 3.05) is 11.1 Å². The van der Waals surface area contributed by atoms with Crippen molar-refractivity contribution >= 4 is 29.0 Å². The molecule has 1 aromatic carbocycles. The molecule has 3 N–H and O–H groups in total. The second kappa shape index (κ2) is 5.51. The van der Waals surface area contributed by atoms with Crippen LogP contribution in [0, 0.1) is 0 Å². The van der Waals surface area contributed by atoms with Gasteiger partial charge in [0.25, 0.3) is 0 Å². The van der Waals surface area contributed by atoms with Crippen LogP contribution in [0.4, 0.5) is 11.5 Å². The number of anilines is 2. The highest BCUT2D eigenvalue weighted by molar-refractivity contribution is 6.30. The van der Waals surface area contributed by atoms with Crippen LogP contribution in [-0.4, -0.2) is 10.9 Å². The molecule has 0 spiro atoms. The number of nitrogens with zero attached hydrogens (tertiary/aromatic N) is 1. The van der Waals surface area contributed by atoms with Gasteiger partial charge in [-0.1, -0.05) is 23.7 Å². The van der Waals surface area contributed by atoms with Crippen molar-refractivity contribution in [3.05, 3.63) is 53.2 Å². The van der Waals surface area contributed by atoms with Gasteiger partial charge in [0, 0.05) is 16.9 Å². The van der Waals surface area contributed by atoms with Crippen LogP contribution < -0.4 is 11.1 Å². The number of nitrogens with one attached hydrogen (secondary N) is 1. The van der Waals surface area contributed by atoms with Crippen molar-refractivity contribution < 1.29 is 4.79 Å². The lowest BCUT2D eigenvalue weighted by Gasteiger charge is -2.05. The van der Waals surface area contributed by atoms with Gasteiger partial charge in [0.1, 0.15) is 5.82 Å². The summed E-state index contributed by atoms with van der Waals surface area (Å²) in [5.74, 6) is 0.284. The molecule has 2 aromatic rings. The van der Waals surface area contributed by atoms with E-state index in [1.54, 1.807) is 30.5 Å². The maximum atomic E-state index is 11.8. The minimum absolute atomic E-state index is 0.157. The van der Waals surface area contributed by atoms with Crippen LogP contribution in [-0.2, 0) is 11.2 Å². The van der Waals surface area contributed by atoms with E-state index in [-0.39, 0.29) is 12.3 Å². The Morgan fingerprint density at radius 2 is 2.17 bits per heavy atom. The molecule has 0 atom stereocenters. The fourth-order valence-corrected chi connectivity index (χ4v) is 1.71. The molecule has 0 aliphatic carbocycles. The third kappa shape index (κ3) is 3.46. The molecule has 18 heavy (non-hydrogen) atoms. The minimum Gasteiger partial charge on any atom is -0.399 e. The van der Waals surface area contributed by atoms with E-state index < -0.39 is 0 Å². The van der Waals surface area contributed by atoms with Crippen LogP contribution in [0.3, 0.4) is 0 Å². The van der Waals surface area contributed by atoms with Gasteiger partial charge in [-0.25, -0.2) is 4.98 Å². The Morgan fingerprint density at radius 1 is 1.33 bits per heavy atom. The number of carbonyl (C=O) groups excluding carboxylic acids is 1. The van der Waals surface area contributed by atoms with Gasteiger partial charge in [-0.05, 0) is 29.8 Å². The Labute approximate surface area is 110 Å². The average molecular weight is 262 g/mol. The van der Waals surface area contributed by atoms with E-state index in [0.29, 0.717) is 16.5 Å². The normalized spacial score (nSPS) is 10.1. The number of hydrogen-bond acceptors (Lipinski definition) is 3. The highest BCUT2D eigenvalue weighted by atomic mass is 35.5. The number of pyridine rings is 1. The first-order valence-electron chi connectivity index (χ1n) is 5.39. The smallest absolute Gasteiger partial charge is 0.229 e. The lowest BCUT2D eigenvalue weighted by molar-refractivity contribution is -0.115. The number of halogens is 1. The Morgan fingerprint density at radius 3 is 2.89 bits per heavy atom. The molecule has 4 nitrogen and oxygen atoms in total. The van der Waals surface area contributed by atoms with Crippen molar-refractivity contribution in [3.63, 3.8) is 0 Å². The molecule has 0 saturated carbocycles. The number of amides is 1. The topological polar surface area (TPSA) is 68.0 Å². The van der Waals surface area contributed by atoms with E-state index in [2.05, 4.69) is 10.3 Å². The van der Waals surface area contributed by atoms with E-state index in [1.807, 2.05) is 12.1 Å². The third-order valence-electron chi connectivity index (χ3n) is 2.31. The number of hydrogen-bond donors (Lipinski definition) is 2. The van der Waals surface area contributed by atoms with Crippen molar-refractivity contribution in [1.82, 2.24) is 4.98 Å². The number of rotatable bonds is 3. The minimum atomic E-state index is -0.157. The molecule has 0 bridgehead atoms. The van der Waals surface area contributed by atoms with Crippen LogP contribution in [0.2, 0.25) is 5.02 Å². The predicted octanol–water partition coefficient (Wildman–Crippen LogP) is 2.50. The van der Waals surface area contributed by atoms with Crippen molar-refractivity contribution in [3.8, 4) is 0 Å². The van der Waals surface area contributed by atoms with E-state index in [1.165, 1.54) is 0 Å². The summed E-state index contributed by atoms with van der Waals surface area (Å²) < 4.78 is 0. The average Bonchev–Trinajstić information content (AvgIpc) is 2.28. The molecule has 1 heterocycles. The first kappa shape index (κ1) is 12.4. The number of benzene rings is 1. The lowest BCUT2D eigenvalue weighted by Crippen LogP contribution is -2.15. The van der Waals surface area contributed by atoms with Crippen molar-refractivity contribution in [2.45, 2.75) is 6.42 Å². The second-order valence-corrected chi connectivity index (χ2v) is 4.27. The van der Waals surface area contributed by atoms with Crippen LogP contribution in [0.15, 0.2) is 42.6 Å². The maximum absolute atomic E-state index is 11.8. The summed E-state index contributed by atoms with van der Waals surface area (Å²) in [5, 5.41) is 3.21. The summed E-state index contributed by atoms with van der Waals surface area (Å²) in [5.41, 5.74) is 7.14. The Hall–Kier alpha value is -2.07. The lowest BCUT2D eigenvalue weighted by atomic mass is 10.1. The Balaban J connectivity index is 2.01. The monoisotopic (exact) mass is 261 g/mol. The van der Waals surface area contributed by atoms with Gasteiger partial charge in [-0.2, -0.15) is 0 Å². The molecule has 0 aliphatic rings. The van der Waals surface area contributed by atoms with Gasteiger partial charge in [0.2, 0.25) is 5.91 Å². The van der Waals surface area contributed by atoms with Gasteiger partial charge in [0.15, 0.2) is 0 Å². The van der Waals surface area contributed by atoms with E-state index >= 15 is 0 Å². The molecule has 2 rings (SSSR count). The molecule has 92 valence electrons. The van der Waals surface area contributed by atoms with Crippen LogP contribution in [0.25, 0.3) is 0 Å². The molecule has 0 fully saturated rings.